The molecule has 0 atom stereocenters. The van der Waals surface area contributed by atoms with Crippen molar-refractivity contribution in [3.8, 4) is 17.2 Å². The number of alkyl halides is 3. The van der Waals surface area contributed by atoms with Crippen molar-refractivity contribution in [2.45, 2.75) is 12.8 Å². The van der Waals surface area contributed by atoms with E-state index in [9.17, 15) is 13.2 Å². The number of nitrogens with zero attached hydrogens (tertiary/aromatic N) is 2. The van der Waals surface area contributed by atoms with Crippen molar-refractivity contribution in [1.29, 1.82) is 0 Å². The molecule has 0 saturated carbocycles. The van der Waals surface area contributed by atoms with Crippen molar-refractivity contribution < 1.29 is 41.6 Å². The van der Waals surface area contributed by atoms with Gasteiger partial charge < -0.3 is 33.7 Å². The van der Waals surface area contributed by atoms with Crippen LogP contribution in [0.5, 0.6) is 17.2 Å². The van der Waals surface area contributed by atoms with Crippen molar-refractivity contribution in [2.24, 2.45) is 0 Å². The van der Waals surface area contributed by atoms with Gasteiger partial charge in [-0.15, -0.1) is 0 Å². The number of anilines is 2. The smallest absolute Gasteiger partial charge is 0.416 e. The summed E-state index contributed by atoms with van der Waals surface area (Å²) >= 11 is 0. The summed E-state index contributed by atoms with van der Waals surface area (Å²) in [6.45, 7) is 3.50. The summed E-state index contributed by atoms with van der Waals surface area (Å²) in [7, 11) is 0. The van der Waals surface area contributed by atoms with Crippen LogP contribution in [0.15, 0.2) is 67.0 Å². The molecule has 0 unspecified atom stereocenters. The number of ether oxygens (including phenoxy) is 6. The first-order valence-electron chi connectivity index (χ1n) is 13.4. The molecule has 9 nitrogen and oxygen atoms in total. The van der Waals surface area contributed by atoms with Crippen LogP contribution in [0.1, 0.15) is 11.1 Å². The van der Waals surface area contributed by atoms with E-state index in [1.165, 1.54) is 18.5 Å². The zero-order valence-electron chi connectivity index (χ0n) is 22.7. The molecule has 0 saturated heterocycles. The molecule has 42 heavy (non-hydrogen) atoms. The molecule has 0 radical (unpaired) electrons. The van der Waals surface area contributed by atoms with Crippen molar-refractivity contribution >= 4 is 22.4 Å². The molecular formula is C30H30F3N3O6. The minimum absolute atomic E-state index is 0.138. The summed E-state index contributed by atoms with van der Waals surface area (Å²) in [5, 5.41) is 4.03. The SMILES string of the molecule is FC(F)(F)c1ccc(COc2ccc(Nc3ncnc4cc5c(cc34)OCCOCCOCCOCCO5)cc2)cc1. The van der Waals surface area contributed by atoms with E-state index in [4.69, 9.17) is 28.4 Å². The minimum atomic E-state index is -4.37. The van der Waals surface area contributed by atoms with Crippen molar-refractivity contribution in [2.75, 3.05) is 58.2 Å². The molecule has 4 aromatic rings. The van der Waals surface area contributed by atoms with Crippen LogP contribution in [0.25, 0.3) is 10.9 Å². The first kappa shape index (κ1) is 29.4. The fourth-order valence-corrected chi connectivity index (χ4v) is 4.08. The summed E-state index contributed by atoms with van der Waals surface area (Å²) in [5.74, 6) is 2.20. The van der Waals surface area contributed by atoms with E-state index in [0.29, 0.717) is 87.0 Å². The molecule has 1 aliphatic heterocycles. The molecule has 0 spiro atoms. The Bertz CT molecular complexity index is 1440. The monoisotopic (exact) mass is 585 g/mol. The Morgan fingerprint density at radius 1 is 0.714 bits per heavy atom. The maximum Gasteiger partial charge on any atom is 0.416 e. The molecule has 12 heteroatoms. The highest BCUT2D eigenvalue weighted by Crippen LogP contribution is 2.35. The van der Waals surface area contributed by atoms with Crippen LogP contribution >= 0.6 is 0 Å². The largest absolute Gasteiger partial charge is 0.489 e. The molecule has 2 heterocycles. The third kappa shape index (κ3) is 8.21. The lowest BCUT2D eigenvalue weighted by Gasteiger charge is -2.15. The standard InChI is InChI=1S/C30H30F3N3O6/c31-30(32,33)22-3-1-21(2-4-22)19-42-24-7-5-23(6-8-24)36-29-25-17-27-28(18-26(25)34-20-35-29)41-16-14-39-12-10-37-9-11-38-13-15-40-27/h1-8,17-18,20H,9-16,19H2,(H,34,35,36). The van der Waals surface area contributed by atoms with Gasteiger partial charge in [-0.2, -0.15) is 13.2 Å². The van der Waals surface area contributed by atoms with Gasteiger partial charge in [-0.3, -0.25) is 0 Å². The molecule has 0 aliphatic carbocycles. The van der Waals surface area contributed by atoms with Gasteiger partial charge >= 0.3 is 6.18 Å². The zero-order valence-corrected chi connectivity index (χ0v) is 22.7. The van der Waals surface area contributed by atoms with E-state index in [-0.39, 0.29) is 6.61 Å². The second-order valence-corrected chi connectivity index (χ2v) is 9.21. The Morgan fingerprint density at radius 2 is 1.31 bits per heavy atom. The fourth-order valence-electron chi connectivity index (χ4n) is 4.08. The van der Waals surface area contributed by atoms with Gasteiger partial charge in [0.25, 0.3) is 0 Å². The lowest BCUT2D eigenvalue weighted by Crippen LogP contribution is -2.13. The van der Waals surface area contributed by atoms with Gasteiger partial charge in [-0.1, -0.05) is 12.1 Å². The maximum absolute atomic E-state index is 12.8. The molecule has 1 aromatic heterocycles. The van der Waals surface area contributed by atoms with Crippen LogP contribution < -0.4 is 19.5 Å². The fraction of sp³-hybridized carbons (Fsp3) is 0.333. The van der Waals surface area contributed by atoms with Gasteiger partial charge in [-0.25, -0.2) is 9.97 Å². The Kier molecular flexibility index (Phi) is 9.90. The van der Waals surface area contributed by atoms with E-state index >= 15 is 0 Å². The molecule has 0 bridgehead atoms. The van der Waals surface area contributed by atoms with Crippen molar-refractivity contribution in [1.82, 2.24) is 9.97 Å². The van der Waals surface area contributed by atoms with E-state index in [2.05, 4.69) is 15.3 Å². The number of benzene rings is 3. The average Bonchev–Trinajstić information content (AvgIpc) is 2.99. The number of rotatable bonds is 5. The van der Waals surface area contributed by atoms with Crippen LogP contribution in [0.2, 0.25) is 0 Å². The highest BCUT2D eigenvalue weighted by Gasteiger charge is 2.29. The Morgan fingerprint density at radius 3 is 1.93 bits per heavy atom. The van der Waals surface area contributed by atoms with Gasteiger partial charge in [-0.05, 0) is 48.0 Å². The average molecular weight is 586 g/mol. The molecular weight excluding hydrogens is 555 g/mol. The van der Waals surface area contributed by atoms with Crippen molar-refractivity contribution in [3.63, 3.8) is 0 Å². The second-order valence-electron chi connectivity index (χ2n) is 9.21. The second kappa shape index (κ2) is 14.2. The third-order valence-corrected chi connectivity index (χ3v) is 6.22. The number of halogens is 3. The molecule has 222 valence electrons. The molecule has 5 rings (SSSR count). The third-order valence-electron chi connectivity index (χ3n) is 6.22. The number of fused-ring (bicyclic) bond motifs is 2. The molecule has 1 N–H and O–H groups in total. The first-order valence-corrected chi connectivity index (χ1v) is 13.4. The molecule has 3 aromatic carbocycles. The Hall–Kier alpha value is -4.13. The summed E-state index contributed by atoms with van der Waals surface area (Å²) < 4.78 is 72.6. The highest BCUT2D eigenvalue weighted by atomic mass is 19.4. The highest BCUT2D eigenvalue weighted by molar-refractivity contribution is 5.93. The van der Waals surface area contributed by atoms with Crippen LogP contribution in [-0.2, 0) is 27.0 Å². The van der Waals surface area contributed by atoms with Crippen molar-refractivity contribution in [3.05, 3.63) is 78.1 Å². The summed E-state index contributed by atoms with van der Waals surface area (Å²) in [6, 6.07) is 15.7. The Labute approximate surface area is 240 Å². The van der Waals surface area contributed by atoms with Crippen LogP contribution in [-0.4, -0.2) is 62.8 Å². The van der Waals surface area contributed by atoms with E-state index in [0.717, 1.165) is 23.2 Å². The first-order chi connectivity index (χ1) is 20.5. The van der Waals surface area contributed by atoms with E-state index in [1.807, 2.05) is 18.2 Å². The summed E-state index contributed by atoms with van der Waals surface area (Å²) in [4.78, 5) is 8.83. The number of hydrogen-bond acceptors (Lipinski definition) is 9. The normalized spacial score (nSPS) is 15.4. The van der Waals surface area contributed by atoms with Crippen LogP contribution in [0.3, 0.4) is 0 Å². The van der Waals surface area contributed by atoms with Gasteiger partial charge in [0, 0.05) is 17.1 Å². The quantitative estimate of drug-likeness (QED) is 0.312. The predicted molar refractivity (Wildman–Crippen MR) is 148 cm³/mol. The number of hydrogen-bond donors (Lipinski definition) is 1. The van der Waals surface area contributed by atoms with E-state index in [1.54, 1.807) is 18.2 Å². The summed E-state index contributed by atoms with van der Waals surface area (Å²) in [5.41, 5.74) is 1.35. The lowest BCUT2D eigenvalue weighted by molar-refractivity contribution is -0.137. The van der Waals surface area contributed by atoms with E-state index < -0.39 is 11.7 Å². The van der Waals surface area contributed by atoms with Crippen LogP contribution in [0.4, 0.5) is 24.7 Å². The molecule has 1 aliphatic rings. The Balaban J connectivity index is 1.26. The van der Waals surface area contributed by atoms with Gasteiger partial charge in [0.1, 0.15) is 37.7 Å². The predicted octanol–water partition coefficient (Wildman–Crippen LogP) is 5.79. The number of nitrogens with one attached hydrogen (secondary N) is 1. The number of aromatic nitrogens is 2. The molecule has 0 fully saturated rings. The lowest BCUT2D eigenvalue weighted by atomic mass is 10.1. The maximum atomic E-state index is 12.8. The van der Waals surface area contributed by atoms with Gasteiger partial charge in [0.05, 0.1) is 50.7 Å². The minimum Gasteiger partial charge on any atom is -0.489 e. The topological polar surface area (TPSA) is 93.2 Å². The van der Waals surface area contributed by atoms with Gasteiger partial charge in [0.15, 0.2) is 11.5 Å². The van der Waals surface area contributed by atoms with Gasteiger partial charge in [0.2, 0.25) is 0 Å². The summed E-state index contributed by atoms with van der Waals surface area (Å²) in [6.07, 6.45) is -2.91. The van der Waals surface area contributed by atoms with Crippen LogP contribution in [0, 0.1) is 0 Å². The molecule has 0 amide bonds. The zero-order chi connectivity index (χ0) is 29.2.